The molecule has 0 aromatic heterocycles. The predicted molar refractivity (Wildman–Crippen MR) is 101 cm³/mol. The number of hydrogen-bond donors (Lipinski definition) is 3. The van der Waals surface area contributed by atoms with Crippen molar-refractivity contribution in [1.82, 2.24) is 5.32 Å². The van der Waals surface area contributed by atoms with Gasteiger partial charge in [-0.1, -0.05) is 23.7 Å². The summed E-state index contributed by atoms with van der Waals surface area (Å²) in [5.41, 5.74) is 7.17. The number of nitrogens with one attached hydrogen (secondary N) is 2. The summed E-state index contributed by atoms with van der Waals surface area (Å²) in [6.45, 7) is 0.999. The van der Waals surface area contributed by atoms with Gasteiger partial charge in [0.05, 0.1) is 17.2 Å². The maximum absolute atomic E-state index is 12.7. The minimum atomic E-state index is -0.360. The molecule has 1 atom stereocenters. The Morgan fingerprint density at radius 3 is 2.85 bits per heavy atom. The van der Waals surface area contributed by atoms with Crippen LogP contribution in [0.2, 0.25) is 5.02 Å². The molecule has 7 heteroatoms. The number of benzene rings is 2. The summed E-state index contributed by atoms with van der Waals surface area (Å²) in [6.07, 6.45) is 0.531. The topological polar surface area (TPSA) is 93.5 Å². The molecule has 1 unspecified atom stereocenters. The van der Waals surface area contributed by atoms with Crippen LogP contribution in [0, 0.1) is 5.92 Å². The van der Waals surface area contributed by atoms with Gasteiger partial charge in [0, 0.05) is 18.1 Å². The minimum absolute atomic E-state index is 0.199. The first-order valence-corrected chi connectivity index (χ1v) is 8.75. The lowest BCUT2D eigenvalue weighted by atomic mass is 9.96. The molecule has 6 nitrogen and oxygen atoms in total. The van der Waals surface area contributed by atoms with E-state index in [0.717, 1.165) is 11.3 Å². The van der Waals surface area contributed by atoms with Crippen LogP contribution in [0.4, 0.5) is 5.69 Å². The Kier molecular flexibility index (Phi) is 5.75. The van der Waals surface area contributed by atoms with Crippen molar-refractivity contribution in [2.75, 3.05) is 25.0 Å². The molecule has 136 valence electrons. The number of halogens is 1. The monoisotopic (exact) mass is 373 g/mol. The lowest BCUT2D eigenvalue weighted by Gasteiger charge is -2.25. The molecule has 0 fully saturated rings. The van der Waals surface area contributed by atoms with Gasteiger partial charge in [-0.3, -0.25) is 9.59 Å². The van der Waals surface area contributed by atoms with Gasteiger partial charge in [0.2, 0.25) is 5.91 Å². The van der Waals surface area contributed by atoms with Crippen LogP contribution >= 0.6 is 11.6 Å². The molecule has 0 saturated heterocycles. The summed E-state index contributed by atoms with van der Waals surface area (Å²) in [7, 11) is 0. The van der Waals surface area contributed by atoms with Crippen LogP contribution in [0.3, 0.4) is 0 Å². The van der Waals surface area contributed by atoms with E-state index in [1.54, 1.807) is 30.3 Å². The molecule has 2 amide bonds. The van der Waals surface area contributed by atoms with Crippen molar-refractivity contribution in [2.24, 2.45) is 11.7 Å². The molecule has 1 aliphatic rings. The van der Waals surface area contributed by atoms with E-state index in [-0.39, 0.29) is 24.3 Å². The van der Waals surface area contributed by atoms with Gasteiger partial charge in [0.25, 0.3) is 5.91 Å². The van der Waals surface area contributed by atoms with Gasteiger partial charge in [0.15, 0.2) is 0 Å². The van der Waals surface area contributed by atoms with Gasteiger partial charge in [-0.2, -0.15) is 0 Å². The molecule has 2 aromatic rings. The van der Waals surface area contributed by atoms with Crippen LogP contribution in [0.25, 0.3) is 0 Å². The number of carbonyl (C=O) groups is 2. The fourth-order valence-electron chi connectivity index (χ4n) is 2.84. The second kappa shape index (κ2) is 8.21. The van der Waals surface area contributed by atoms with Gasteiger partial charge in [0.1, 0.15) is 12.4 Å². The third-order valence-electron chi connectivity index (χ3n) is 4.16. The maximum atomic E-state index is 12.7. The van der Waals surface area contributed by atoms with Crippen LogP contribution in [-0.4, -0.2) is 31.5 Å². The number of nitrogens with two attached hydrogens (primary N) is 1. The third kappa shape index (κ3) is 4.15. The Morgan fingerprint density at radius 1 is 1.23 bits per heavy atom. The highest BCUT2D eigenvalue weighted by Crippen LogP contribution is 2.30. The Labute approximate surface area is 156 Å². The van der Waals surface area contributed by atoms with E-state index in [0.29, 0.717) is 35.8 Å². The highest BCUT2D eigenvalue weighted by atomic mass is 35.5. The molecule has 26 heavy (non-hydrogen) atoms. The summed E-state index contributed by atoms with van der Waals surface area (Å²) < 4.78 is 5.67. The van der Waals surface area contributed by atoms with Gasteiger partial charge < -0.3 is 21.1 Å². The Hall–Kier alpha value is -2.57. The summed E-state index contributed by atoms with van der Waals surface area (Å²) in [5.74, 6) is -0.0841. The van der Waals surface area contributed by atoms with E-state index in [1.165, 1.54) is 0 Å². The minimum Gasteiger partial charge on any atom is -0.492 e. The lowest BCUT2D eigenvalue weighted by molar-refractivity contribution is -0.121. The highest BCUT2D eigenvalue weighted by molar-refractivity contribution is 6.30. The van der Waals surface area contributed by atoms with Crippen molar-refractivity contribution in [3.63, 3.8) is 0 Å². The number of rotatable bonds is 5. The van der Waals surface area contributed by atoms with Crippen molar-refractivity contribution in [3.8, 4) is 5.75 Å². The number of anilines is 1. The molecule has 3 rings (SSSR count). The van der Waals surface area contributed by atoms with E-state index in [1.807, 2.05) is 12.1 Å². The summed E-state index contributed by atoms with van der Waals surface area (Å²) in [6, 6.07) is 12.2. The Balaban J connectivity index is 1.72. The van der Waals surface area contributed by atoms with Crippen LogP contribution in [-0.2, 0) is 11.2 Å². The zero-order valence-electron chi connectivity index (χ0n) is 14.1. The average Bonchev–Trinajstić information content (AvgIpc) is 2.65. The normalized spacial score (nSPS) is 15.5. The summed E-state index contributed by atoms with van der Waals surface area (Å²) in [4.78, 5) is 24.9. The van der Waals surface area contributed by atoms with E-state index in [2.05, 4.69) is 10.6 Å². The van der Waals surface area contributed by atoms with Gasteiger partial charge in [-0.25, -0.2) is 0 Å². The SMILES string of the molecule is NCCNC(=O)c1ccccc1NC(=O)C1COc2ccc(Cl)cc2C1. The molecule has 0 saturated carbocycles. The standard InChI is InChI=1S/C19H20ClN3O3/c20-14-5-6-17-12(10-14)9-13(11-26-17)18(24)23-16-4-2-1-3-15(16)19(25)22-8-7-21/h1-6,10,13H,7-9,11,21H2,(H,22,25)(H,23,24). The molecule has 0 radical (unpaired) electrons. The van der Waals surface area contributed by atoms with Crippen molar-refractivity contribution in [1.29, 1.82) is 0 Å². The second-order valence-electron chi connectivity index (χ2n) is 6.04. The second-order valence-corrected chi connectivity index (χ2v) is 6.48. The van der Waals surface area contributed by atoms with Gasteiger partial charge >= 0.3 is 0 Å². The first kappa shape index (κ1) is 18.2. The maximum Gasteiger partial charge on any atom is 0.253 e. The van der Waals surface area contributed by atoms with E-state index < -0.39 is 0 Å². The molecule has 4 N–H and O–H groups in total. The van der Waals surface area contributed by atoms with Gasteiger partial charge in [-0.15, -0.1) is 0 Å². The van der Waals surface area contributed by atoms with Crippen molar-refractivity contribution >= 4 is 29.1 Å². The van der Waals surface area contributed by atoms with Crippen LogP contribution in [0.1, 0.15) is 15.9 Å². The number of hydrogen-bond acceptors (Lipinski definition) is 4. The fourth-order valence-corrected chi connectivity index (χ4v) is 3.03. The molecule has 1 aliphatic heterocycles. The largest absolute Gasteiger partial charge is 0.492 e. The molecule has 1 heterocycles. The number of carbonyl (C=O) groups excluding carboxylic acids is 2. The van der Waals surface area contributed by atoms with E-state index in [4.69, 9.17) is 22.1 Å². The fraction of sp³-hybridized carbons (Fsp3) is 0.263. The molecule has 2 aromatic carbocycles. The number of amides is 2. The number of para-hydroxylation sites is 1. The lowest BCUT2D eigenvalue weighted by Crippen LogP contribution is -2.34. The number of ether oxygens (including phenoxy) is 1. The molecular formula is C19H20ClN3O3. The Morgan fingerprint density at radius 2 is 2.04 bits per heavy atom. The van der Waals surface area contributed by atoms with Crippen molar-refractivity contribution in [2.45, 2.75) is 6.42 Å². The quantitative estimate of drug-likeness (QED) is 0.749. The van der Waals surface area contributed by atoms with Crippen LogP contribution in [0.5, 0.6) is 5.75 Å². The average molecular weight is 374 g/mol. The third-order valence-corrected chi connectivity index (χ3v) is 4.39. The van der Waals surface area contributed by atoms with Crippen molar-refractivity contribution in [3.05, 3.63) is 58.6 Å². The smallest absolute Gasteiger partial charge is 0.253 e. The molecule has 0 spiro atoms. The molecule has 0 aliphatic carbocycles. The van der Waals surface area contributed by atoms with E-state index in [9.17, 15) is 9.59 Å². The van der Waals surface area contributed by atoms with Crippen molar-refractivity contribution < 1.29 is 14.3 Å². The Bertz CT molecular complexity index is 825. The summed E-state index contributed by atoms with van der Waals surface area (Å²) >= 11 is 6.02. The highest BCUT2D eigenvalue weighted by Gasteiger charge is 2.27. The van der Waals surface area contributed by atoms with Crippen LogP contribution in [0.15, 0.2) is 42.5 Å². The number of fused-ring (bicyclic) bond motifs is 1. The van der Waals surface area contributed by atoms with Crippen LogP contribution < -0.4 is 21.1 Å². The first-order chi connectivity index (χ1) is 12.6. The molecular weight excluding hydrogens is 354 g/mol. The van der Waals surface area contributed by atoms with E-state index >= 15 is 0 Å². The van der Waals surface area contributed by atoms with Gasteiger partial charge in [-0.05, 0) is 42.3 Å². The zero-order valence-corrected chi connectivity index (χ0v) is 14.9. The first-order valence-electron chi connectivity index (χ1n) is 8.38. The zero-order chi connectivity index (χ0) is 18.5. The summed E-state index contributed by atoms with van der Waals surface area (Å²) in [5, 5.41) is 6.15. The predicted octanol–water partition coefficient (Wildman–Crippen LogP) is 2.22. The molecule has 0 bridgehead atoms.